The molecule has 0 amide bonds. The Morgan fingerprint density at radius 3 is 2.59 bits per heavy atom. The fourth-order valence-electron chi connectivity index (χ4n) is 6.48. The van der Waals surface area contributed by atoms with Gasteiger partial charge in [0.1, 0.15) is 0 Å². The minimum absolute atomic E-state index is 0.495. The van der Waals surface area contributed by atoms with Crippen LogP contribution in [0, 0.1) is 23.7 Å². The Labute approximate surface area is 178 Å². The molecule has 0 bridgehead atoms. The van der Waals surface area contributed by atoms with Gasteiger partial charge in [-0.15, -0.1) is 6.58 Å². The molecule has 0 N–H and O–H groups in total. The highest BCUT2D eigenvalue weighted by Crippen LogP contribution is 2.47. The van der Waals surface area contributed by atoms with Gasteiger partial charge in [0, 0.05) is 0 Å². The number of allylic oxidation sites excluding steroid dienone is 2. The standard InChI is InChI=1S/C28H40O/c1-3-5-6-7-21-8-9-23-18-24(11-10-22(23)17-21)25-12-13-27-20-28(29-16-4-2)15-14-26(27)19-25/h3-5,8-9,17,24-28H,2,6-7,10-16,18-20H2,1H3/t24?,25?,26-,27?,28-/m1/s1. The highest BCUT2D eigenvalue weighted by atomic mass is 16.5. The van der Waals surface area contributed by atoms with Crippen LogP contribution in [-0.4, -0.2) is 12.7 Å². The lowest BCUT2D eigenvalue weighted by atomic mass is 9.62. The van der Waals surface area contributed by atoms with Gasteiger partial charge >= 0.3 is 0 Å². The van der Waals surface area contributed by atoms with Gasteiger partial charge in [-0.3, -0.25) is 0 Å². The van der Waals surface area contributed by atoms with Crippen LogP contribution >= 0.6 is 0 Å². The summed E-state index contributed by atoms with van der Waals surface area (Å²) in [7, 11) is 0. The zero-order valence-electron chi connectivity index (χ0n) is 18.5. The monoisotopic (exact) mass is 392 g/mol. The number of aryl methyl sites for hydroxylation is 2. The van der Waals surface area contributed by atoms with Crippen LogP contribution in [0.2, 0.25) is 0 Å². The van der Waals surface area contributed by atoms with Crippen LogP contribution in [0.1, 0.15) is 75.0 Å². The lowest BCUT2D eigenvalue weighted by Gasteiger charge is -2.44. The number of fused-ring (bicyclic) bond motifs is 2. The second-order valence-electron chi connectivity index (χ2n) is 9.86. The molecule has 0 heterocycles. The van der Waals surface area contributed by atoms with Crippen molar-refractivity contribution >= 4 is 0 Å². The van der Waals surface area contributed by atoms with Crippen molar-refractivity contribution in [2.24, 2.45) is 23.7 Å². The fraction of sp³-hybridized carbons (Fsp3) is 0.643. The van der Waals surface area contributed by atoms with Crippen LogP contribution in [0.25, 0.3) is 0 Å². The van der Waals surface area contributed by atoms with Crippen molar-refractivity contribution in [3.63, 3.8) is 0 Å². The van der Waals surface area contributed by atoms with E-state index in [0.717, 1.165) is 30.3 Å². The number of rotatable bonds is 7. The second kappa shape index (κ2) is 10.1. The van der Waals surface area contributed by atoms with Crippen molar-refractivity contribution in [3.8, 4) is 0 Å². The fourth-order valence-corrected chi connectivity index (χ4v) is 6.48. The first-order valence-electron chi connectivity index (χ1n) is 12.2. The molecule has 0 spiro atoms. The van der Waals surface area contributed by atoms with E-state index in [1.807, 2.05) is 6.08 Å². The molecule has 2 fully saturated rings. The smallest absolute Gasteiger partial charge is 0.0648 e. The summed E-state index contributed by atoms with van der Waals surface area (Å²) in [4.78, 5) is 0. The van der Waals surface area contributed by atoms with E-state index in [0.29, 0.717) is 6.10 Å². The molecule has 0 saturated heterocycles. The lowest BCUT2D eigenvalue weighted by Crippen LogP contribution is -2.37. The summed E-state index contributed by atoms with van der Waals surface area (Å²) in [6.45, 7) is 6.64. The van der Waals surface area contributed by atoms with Crippen molar-refractivity contribution in [2.45, 2.75) is 83.7 Å². The van der Waals surface area contributed by atoms with Crippen LogP contribution in [0.15, 0.2) is 43.0 Å². The number of hydrogen-bond donors (Lipinski definition) is 0. The number of ether oxygens (including phenoxy) is 1. The first kappa shape index (κ1) is 20.9. The molecule has 3 aliphatic carbocycles. The predicted molar refractivity (Wildman–Crippen MR) is 123 cm³/mol. The van der Waals surface area contributed by atoms with Crippen LogP contribution in [-0.2, 0) is 24.0 Å². The SMILES string of the molecule is C=CCO[C@@H]1CC[C@@H]2CC(C3CCc4cc(CCC=CC)ccc4C3)CCC2C1. The first-order chi connectivity index (χ1) is 14.3. The molecular weight excluding hydrogens is 352 g/mol. The average Bonchev–Trinajstić information content (AvgIpc) is 2.77. The summed E-state index contributed by atoms with van der Waals surface area (Å²) in [5, 5.41) is 0. The van der Waals surface area contributed by atoms with Crippen LogP contribution in [0.4, 0.5) is 0 Å². The minimum Gasteiger partial charge on any atom is -0.374 e. The highest BCUT2D eigenvalue weighted by molar-refractivity contribution is 5.34. The van der Waals surface area contributed by atoms with E-state index in [-0.39, 0.29) is 0 Å². The Hall–Kier alpha value is -1.34. The lowest BCUT2D eigenvalue weighted by molar-refractivity contribution is -0.0137. The summed E-state index contributed by atoms with van der Waals surface area (Å²) in [5.74, 6) is 3.77. The van der Waals surface area contributed by atoms with E-state index in [9.17, 15) is 0 Å². The zero-order valence-corrected chi connectivity index (χ0v) is 18.5. The molecule has 0 radical (unpaired) electrons. The molecular formula is C28H40O. The van der Waals surface area contributed by atoms with Gasteiger partial charge in [0.25, 0.3) is 0 Å². The molecule has 3 unspecified atom stereocenters. The third kappa shape index (κ3) is 5.23. The normalized spacial score (nSPS) is 32.0. The predicted octanol–water partition coefficient (Wildman–Crippen LogP) is 7.09. The van der Waals surface area contributed by atoms with Gasteiger partial charge in [-0.2, -0.15) is 0 Å². The average molecular weight is 393 g/mol. The largest absolute Gasteiger partial charge is 0.374 e. The Morgan fingerprint density at radius 2 is 1.76 bits per heavy atom. The number of hydrogen-bond acceptors (Lipinski definition) is 1. The van der Waals surface area contributed by atoms with E-state index in [2.05, 4.69) is 43.9 Å². The maximum absolute atomic E-state index is 5.98. The molecule has 4 rings (SSSR count). The van der Waals surface area contributed by atoms with Crippen LogP contribution < -0.4 is 0 Å². The zero-order chi connectivity index (χ0) is 20.1. The van der Waals surface area contributed by atoms with E-state index < -0.39 is 0 Å². The van der Waals surface area contributed by atoms with Crippen molar-refractivity contribution in [1.82, 2.24) is 0 Å². The Bertz CT molecular complexity index is 702. The van der Waals surface area contributed by atoms with Crippen molar-refractivity contribution in [3.05, 3.63) is 59.7 Å². The van der Waals surface area contributed by atoms with Crippen LogP contribution in [0.3, 0.4) is 0 Å². The molecule has 2 saturated carbocycles. The van der Waals surface area contributed by atoms with E-state index in [4.69, 9.17) is 4.74 Å². The van der Waals surface area contributed by atoms with Gasteiger partial charge in [-0.05, 0) is 118 Å². The van der Waals surface area contributed by atoms with E-state index in [1.165, 1.54) is 76.2 Å². The molecule has 158 valence electrons. The molecule has 29 heavy (non-hydrogen) atoms. The topological polar surface area (TPSA) is 9.23 Å². The molecule has 1 nitrogen and oxygen atoms in total. The van der Waals surface area contributed by atoms with Crippen molar-refractivity contribution in [2.75, 3.05) is 6.61 Å². The van der Waals surface area contributed by atoms with E-state index in [1.54, 1.807) is 11.1 Å². The molecule has 5 atom stereocenters. The molecule has 0 aliphatic heterocycles. The maximum Gasteiger partial charge on any atom is 0.0648 e. The van der Waals surface area contributed by atoms with E-state index >= 15 is 0 Å². The van der Waals surface area contributed by atoms with Crippen LogP contribution in [0.5, 0.6) is 0 Å². The van der Waals surface area contributed by atoms with Gasteiger partial charge in [-0.25, -0.2) is 0 Å². The Kier molecular flexibility index (Phi) is 7.29. The molecule has 1 aromatic rings. The Morgan fingerprint density at radius 1 is 0.966 bits per heavy atom. The maximum atomic E-state index is 5.98. The molecule has 1 heteroatoms. The summed E-state index contributed by atoms with van der Waals surface area (Å²) < 4.78 is 5.98. The minimum atomic E-state index is 0.495. The molecule has 1 aromatic carbocycles. The van der Waals surface area contributed by atoms with Crippen molar-refractivity contribution < 1.29 is 4.74 Å². The molecule has 3 aliphatic rings. The summed E-state index contributed by atoms with van der Waals surface area (Å²) >= 11 is 0. The van der Waals surface area contributed by atoms with Gasteiger partial charge in [0.2, 0.25) is 0 Å². The van der Waals surface area contributed by atoms with Crippen molar-refractivity contribution in [1.29, 1.82) is 0 Å². The second-order valence-corrected chi connectivity index (χ2v) is 9.86. The van der Waals surface area contributed by atoms with Gasteiger partial charge in [0.05, 0.1) is 12.7 Å². The summed E-state index contributed by atoms with van der Waals surface area (Å²) in [6.07, 6.45) is 21.6. The van der Waals surface area contributed by atoms with Gasteiger partial charge in [-0.1, -0.05) is 36.4 Å². The molecule has 0 aromatic heterocycles. The quantitative estimate of drug-likeness (QED) is 0.450. The number of benzene rings is 1. The Balaban J connectivity index is 1.31. The van der Waals surface area contributed by atoms with Gasteiger partial charge in [0.15, 0.2) is 0 Å². The first-order valence-corrected chi connectivity index (χ1v) is 12.2. The summed E-state index contributed by atoms with van der Waals surface area (Å²) in [5.41, 5.74) is 4.82. The highest BCUT2D eigenvalue weighted by Gasteiger charge is 2.38. The van der Waals surface area contributed by atoms with Gasteiger partial charge < -0.3 is 4.74 Å². The third-order valence-electron chi connectivity index (χ3n) is 8.09. The summed E-state index contributed by atoms with van der Waals surface area (Å²) in [6, 6.07) is 7.36. The third-order valence-corrected chi connectivity index (χ3v) is 8.09.